The van der Waals surface area contributed by atoms with Crippen LogP contribution in [0.4, 0.5) is 0 Å². The Kier molecular flexibility index (Phi) is 4.24. The van der Waals surface area contributed by atoms with Crippen LogP contribution in [0.1, 0.15) is 33.1 Å². The topological polar surface area (TPSA) is 20.3 Å². The van der Waals surface area contributed by atoms with E-state index in [9.17, 15) is 4.79 Å². The van der Waals surface area contributed by atoms with E-state index in [2.05, 4.69) is 6.92 Å². The SMILES string of the molecule is CCC(C)C(=O)N(C)CC1CC(Cl)C1. The summed E-state index contributed by atoms with van der Waals surface area (Å²) >= 11 is 5.89. The molecule has 0 aromatic rings. The van der Waals surface area contributed by atoms with Gasteiger partial charge in [-0.25, -0.2) is 0 Å². The second-order valence-electron chi connectivity index (χ2n) is 4.46. The third-order valence-corrected chi connectivity index (χ3v) is 3.48. The van der Waals surface area contributed by atoms with Crippen LogP contribution in [0.5, 0.6) is 0 Å². The largest absolute Gasteiger partial charge is 0.345 e. The number of carbonyl (C=O) groups excluding carboxylic acids is 1. The van der Waals surface area contributed by atoms with Crippen molar-refractivity contribution >= 4 is 17.5 Å². The van der Waals surface area contributed by atoms with Crippen molar-refractivity contribution in [2.75, 3.05) is 13.6 Å². The van der Waals surface area contributed by atoms with Crippen LogP contribution in [0, 0.1) is 11.8 Å². The van der Waals surface area contributed by atoms with Gasteiger partial charge >= 0.3 is 0 Å². The Morgan fingerprint density at radius 2 is 2.14 bits per heavy atom. The highest BCUT2D eigenvalue weighted by Gasteiger charge is 2.29. The van der Waals surface area contributed by atoms with Crippen LogP contribution in [-0.2, 0) is 4.79 Å². The average molecular weight is 218 g/mol. The zero-order valence-electron chi connectivity index (χ0n) is 9.29. The van der Waals surface area contributed by atoms with Gasteiger partial charge in [0.1, 0.15) is 0 Å². The van der Waals surface area contributed by atoms with Crippen molar-refractivity contribution in [1.82, 2.24) is 4.90 Å². The van der Waals surface area contributed by atoms with Gasteiger partial charge in [0.2, 0.25) is 5.91 Å². The Balaban J connectivity index is 2.27. The van der Waals surface area contributed by atoms with Crippen molar-refractivity contribution in [2.45, 2.75) is 38.5 Å². The van der Waals surface area contributed by atoms with E-state index in [1.54, 1.807) is 0 Å². The number of nitrogens with zero attached hydrogens (tertiary/aromatic N) is 1. The predicted molar refractivity (Wildman–Crippen MR) is 59.5 cm³/mol. The minimum absolute atomic E-state index is 0.159. The molecule has 0 aromatic carbocycles. The molecule has 1 amide bonds. The van der Waals surface area contributed by atoms with Gasteiger partial charge in [0.15, 0.2) is 0 Å². The van der Waals surface area contributed by atoms with Crippen LogP contribution < -0.4 is 0 Å². The molecular formula is C11H20ClNO. The van der Waals surface area contributed by atoms with E-state index in [4.69, 9.17) is 11.6 Å². The van der Waals surface area contributed by atoms with E-state index < -0.39 is 0 Å². The summed E-state index contributed by atoms with van der Waals surface area (Å²) in [7, 11) is 1.90. The van der Waals surface area contributed by atoms with Gasteiger partial charge in [0.05, 0.1) is 0 Å². The second-order valence-corrected chi connectivity index (χ2v) is 5.08. The number of alkyl halides is 1. The highest BCUT2D eigenvalue weighted by Crippen LogP contribution is 2.32. The van der Waals surface area contributed by atoms with Crippen molar-refractivity contribution in [3.63, 3.8) is 0 Å². The highest BCUT2D eigenvalue weighted by molar-refractivity contribution is 6.21. The maximum absolute atomic E-state index is 11.7. The highest BCUT2D eigenvalue weighted by atomic mass is 35.5. The lowest BCUT2D eigenvalue weighted by atomic mass is 9.84. The Bertz CT molecular complexity index is 201. The molecular weight excluding hydrogens is 198 g/mol. The number of hydrogen-bond donors (Lipinski definition) is 0. The molecule has 14 heavy (non-hydrogen) atoms. The molecule has 1 aliphatic rings. The fourth-order valence-corrected chi connectivity index (χ4v) is 2.34. The average Bonchev–Trinajstić information content (AvgIpc) is 2.12. The molecule has 1 rings (SSSR count). The molecule has 1 saturated carbocycles. The van der Waals surface area contributed by atoms with Crippen LogP contribution in [0.15, 0.2) is 0 Å². The van der Waals surface area contributed by atoms with E-state index in [0.717, 1.165) is 25.8 Å². The molecule has 0 saturated heterocycles. The molecule has 1 aliphatic carbocycles. The van der Waals surface area contributed by atoms with Gasteiger partial charge in [0, 0.05) is 24.9 Å². The minimum atomic E-state index is 0.159. The molecule has 82 valence electrons. The van der Waals surface area contributed by atoms with E-state index >= 15 is 0 Å². The number of rotatable bonds is 4. The Morgan fingerprint density at radius 3 is 2.57 bits per heavy atom. The summed E-state index contributed by atoms with van der Waals surface area (Å²) in [6.07, 6.45) is 3.06. The van der Waals surface area contributed by atoms with Crippen molar-refractivity contribution in [2.24, 2.45) is 11.8 Å². The summed E-state index contributed by atoms with van der Waals surface area (Å²) in [6, 6.07) is 0. The van der Waals surface area contributed by atoms with Crippen LogP contribution in [0.3, 0.4) is 0 Å². The molecule has 2 nitrogen and oxygen atoms in total. The minimum Gasteiger partial charge on any atom is -0.345 e. The molecule has 1 atom stereocenters. The van der Waals surface area contributed by atoms with E-state index in [0.29, 0.717) is 11.3 Å². The summed E-state index contributed by atoms with van der Waals surface area (Å²) in [5, 5.41) is 0.354. The molecule has 3 heteroatoms. The molecule has 0 radical (unpaired) electrons. The van der Waals surface area contributed by atoms with Gasteiger partial charge in [-0.3, -0.25) is 4.79 Å². The first kappa shape index (κ1) is 11.8. The lowest BCUT2D eigenvalue weighted by molar-refractivity contribution is -0.134. The van der Waals surface area contributed by atoms with E-state index in [1.165, 1.54) is 0 Å². The zero-order chi connectivity index (χ0) is 10.7. The van der Waals surface area contributed by atoms with Crippen LogP contribution >= 0.6 is 11.6 Å². The quantitative estimate of drug-likeness (QED) is 0.663. The third kappa shape index (κ3) is 2.88. The number of amides is 1. The molecule has 0 heterocycles. The monoisotopic (exact) mass is 217 g/mol. The first-order valence-electron chi connectivity index (χ1n) is 5.43. The normalized spacial score (nSPS) is 28.0. The molecule has 0 bridgehead atoms. The van der Waals surface area contributed by atoms with Crippen LogP contribution in [0.25, 0.3) is 0 Å². The van der Waals surface area contributed by atoms with Gasteiger partial charge in [0.25, 0.3) is 0 Å². The summed E-state index contributed by atoms with van der Waals surface area (Å²) < 4.78 is 0. The van der Waals surface area contributed by atoms with Gasteiger partial charge in [-0.2, -0.15) is 0 Å². The van der Waals surface area contributed by atoms with Crippen molar-refractivity contribution in [3.05, 3.63) is 0 Å². The summed E-state index contributed by atoms with van der Waals surface area (Å²) in [4.78, 5) is 13.6. The Labute approximate surface area is 91.6 Å². The van der Waals surface area contributed by atoms with Crippen LogP contribution in [-0.4, -0.2) is 29.8 Å². The van der Waals surface area contributed by atoms with Crippen molar-refractivity contribution < 1.29 is 4.79 Å². The third-order valence-electron chi connectivity index (χ3n) is 3.12. The van der Waals surface area contributed by atoms with Gasteiger partial charge in [-0.1, -0.05) is 13.8 Å². The molecule has 0 N–H and O–H groups in total. The summed E-state index contributed by atoms with van der Waals surface area (Å²) in [5.41, 5.74) is 0. The lowest BCUT2D eigenvalue weighted by Crippen LogP contribution is -2.39. The Hall–Kier alpha value is -0.240. The van der Waals surface area contributed by atoms with Crippen molar-refractivity contribution in [1.29, 1.82) is 0 Å². The second kappa shape index (κ2) is 5.01. The zero-order valence-corrected chi connectivity index (χ0v) is 10.0. The molecule has 0 spiro atoms. The van der Waals surface area contributed by atoms with E-state index in [-0.39, 0.29) is 11.8 Å². The standard InChI is InChI=1S/C11H20ClNO/c1-4-8(2)11(14)13(3)7-9-5-10(12)6-9/h8-10H,4-7H2,1-3H3. The lowest BCUT2D eigenvalue weighted by Gasteiger charge is -2.34. The summed E-state index contributed by atoms with van der Waals surface area (Å²) in [5.74, 6) is 1.06. The maximum Gasteiger partial charge on any atom is 0.225 e. The fraction of sp³-hybridized carbons (Fsp3) is 0.909. The molecule has 1 unspecified atom stereocenters. The molecule has 0 aliphatic heterocycles. The maximum atomic E-state index is 11.7. The number of carbonyl (C=O) groups is 1. The first-order chi connectivity index (χ1) is 6.54. The predicted octanol–water partition coefficient (Wildman–Crippen LogP) is 2.51. The molecule has 0 aromatic heterocycles. The molecule has 1 fully saturated rings. The van der Waals surface area contributed by atoms with Crippen molar-refractivity contribution in [3.8, 4) is 0 Å². The first-order valence-corrected chi connectivity index (χ1v) is 5.87. The Morgan fingerprint density at radius 1 is 1.57 bits per heavy atom. The fourth-order valence-electron chi connectivity index (χ4n) is 1.83. The summed E-state index contributed by atoms with van der Waals surface area (Å²) in [6.45, 7) is 4.92. The van der Waals surface area contributed by atoms with Gasteiger partial charge in [-0.15, -0.1) is 11.6 Å². The van der Waals surface area contributed by atoms with Gasteiger partial charge in [-0.05, 0) is 25.2 Å². The number of halogens is 1. The van der Waals surface area contributed by atoms with E-state index in [1.807, 2.05) is 18.9 Å². The van der Waals surface area contributed by atoms with Crippen LogP contribution in [0.2, 0.25) is 0 Å². The van der Waals surface area contributed by atoms with Gasteiger partial charge < -0.3 is 4.90 Å². The number of hydrogen-bond acceptors (Lipinski definition) is 1. The smallest absolute Gasteiger partial charge is 0.225 e.